The third-order valence-corrected chi connectivity index (χ3v) is 6.49. The van der Waals surface area contributed by atoms with Crippen molar-refractivity contribution in [3.63, 3.8) is 0 Å². The summed E-state index contributed by atoms with van der Waals surface area (Å²) in [4.78, 5) is 20.3. The van der Waals surface area contributed by atoms with Gasteiger partial charge in [0.15, 0.2) is 5.65 Å². The monoisotopic (exact) mass is 455 g/mol. The summed E-state index contributed by atoms with van der Waals surface area (Å²) in [5, 5.41) is 5.23. The van der Waals surface area contributed by atoms with E-state index in [2.05, 4.69) is 9.82 Å². The van der Waals surface area contributed by atoms with Crippen molar-refractivity contribution < 1.29 is 13.2 Å². The van der Waals surface area contributed by atoms with Gasteiger partial charge < -0.3 is 4.90 Å². The van der Waals surface area contributed by atoms with E-state index in [-0.39, 0.29) is 17.9 Å². The zero-order valence-corrected chi connectivity index (χ0v) is 19.5. The molecule has 3 heterocycles. The molecule has 3 aromatic rings. The molecule has 1 aliphatic rings. The number of rotatable bonds is 6. The van der Waals surface area contributed by atoms with E-state index in [1.165, 1.54) is 0 Å². The second-order valence-corrected chi connectivity index (χ2v) is 10.6. The largest absolute Gasteiger partial charge is 0.338 e. The van der Waals surface area contributed by atoms with Crippen LogP contribution in [0.15, 0.2) is 42.6 Å². The molecule has 4 rings (SSSR count). The topological polar surface area (TPSA) is 97.2 Å². The zero-order valence-electron chi connectivity index (χ0n) is 18.7. The number of hydrogen-bond donors (Lipinski definition) is 1. The lowest BCUT2D eigenvalue weighted by Gasteiger charge is -2.33. The van der Waals surface area contributed by atoms with Crippen LogP contribution in [0.25, 0.3) is 22.3 Å². The molecule has 0 bridgehead atoms. The lowest BCUT2D eigenvalue weighted by atomic mass is 9.97. The van der Waals surface area contributed by atoms with Crippen molar-refractivity contribution >= 4 is 27.0 Å². The maximum Gasteiger partial charge on any atom is 0.254 e. The standard InChI is InChI=1S/C23H29N5O3S/c1-16(2)28-22-20(14-24-28)19(12-21(26-22)18-9-5-4-6-10-18)23(29)27-11-7-8-17(15-27)13-25-32(3,30)31/h4-6,9-10,12,14,16-17,25H,7-8,11,13,15H2,1-3H3. The number of carbonyl (C=O) groups excluding carboxylic acids is 1. The number of hydrogen-bond acceptors (Lipinski definition) is 5. The first-order valence-electron chi connectivity index (χ1n) is 10.9. The Hall–Kier alpha value is -2.78. The van der Waals surface area contributed by atoms with Crippen LogP contribution in [0.5, 0.6) is 0 Å². The van der Waals surface area contributed by atoms with Gasteiger partial charge in [0.05, 0.1) is 29.1 Å². The number of aromatic nitrogens is 3. The van der Waals surface area contributed by atoms with Crippen molar-refractivity contribution in [2.24, 2.45) is 5.92 Å². The van der Waals surface area contributed by atoms with Crippen LogP contribution in [0, 0.1) is 5.92 Å². The van der Waals surface area contributed by atoms with Gasteiger partial charge in [-0.25, -0.2) is 22.8 Å². The lowest BCUT2D eigenvalue weighted by molar-refractivity contribution is 0.0678. The predicted octanol–water partition coefficient (Wildman–Crippen LogP) is 3.08. The molecular formula is C23H29N5O3S. The number of piperidine rings is 1. The molecule has 8 nitrogen and oxygen atoms in total. The molecular weight excluding hydrogens is 426 g/mol. The van der Waals surface area contributed by atoms with Gasteiger partial charge in [-0.15, -0.1) is 0 Å². The minimum Gasteiger partial charge on any atom is -0.338 e. The Bertz CT molecular complexity index is 1220. The lowest BCUT2D eigenvalue weighted by Crippen LogP contribution is -2.43. The molecule has 0 saturated carbocycles. The molecule has 0 radical (unpaired) electrons. The molecule has 1 atom stereocenters. The summed E-state index contributed by atoms with van der Waals surface area (Å²) in [5.74, 6) is 0.0219. The highest BCUT2D eigenvalue weighted by atomic mass is 32.2. The Morgan fingerprint density at radius 2 is 2.00 bits per heavy atom. The van der Waals surface area contributed by atoms with Crippen LogP contribution in [0.2, 0.25) is 0 Å². The van der Waals surface area contributed by atoms with Gasteiger partial charge in [-0.1, -0.05) is 30.3 Å². The first-order valence-corrected chi connectivity index (χ1v) is 12.8. The van der Waals surface area contributed by atoms with E-state index in [1.54, 1.807) is 6.20 Å². The first-order chi connectivity index (χ1) is 15.2. The van der Waals surface area contributed by atoms with E-state index in [0.717, 1.165) is 35.7 Å². The molecule has 0 aliphatic carbocycles. The van der Waals surface area contributed by atoms with Crippen molar-refractivity contribution in [2.45, 2.75) is 32.7 Å². The second kappa shape index (κ2) is 8.99. The van der Waals surface area contributed by atoms with Gasteiger partial charge in [-0.2, -0.15) is 5.10 Å². The van der Waals surface area contributed by atoms with E-state index in [1.807, 2.05) is 59.8 Å². The molecule has 1 aromatic carbocycles. The molecule has 1 aliphatic heterocycles. The van der Waals surface area contributed by atoms with Gasteiger partial charge >= 0.3 is 0 Å². The fourth-order valence-corrected chi connectivity index (χ4v) is 4.72. The number of likely N-dealkylation sites (tertiary alicyclic amines) is 1. The molecule has 1 N–H and O–H groups in total. The van der Waals surface area contributed by atoms with Gasteiger partial charge in [0.2, 0.25) is 10.0 Å². The summed E-state index contributed by atoms with van der Waals surface area (Å²) in [5.41, 5.74) is 2.94. The number of benzene rings is 1. The maximum atomic E-state index is 13.6. The Morgan fingerprint density at radius 3 is 2.69 bits per heavy atom. The third kappa shape index (κ3) is 4.83. The van der Waals surface area contributed by atoms with E-state index < -0.39 is 10.0 Å². The highest BCUT2D eigenvalue weighted by molar-refractivity contribution is 7.88. The highest BCUT2D eigenvalue weighted by Crippen LogP contribution is 2.28. The van der Waals surface area contributed by atoms with E-state index in [4.69, 9.17) is 4.98 Å². The molecule has 1 saturated heterocycles. The quantitative estimate of drug-likeness (QED) is 0.616. The van der Waals surface area contributed by atoms with E-state index in [9.17, 15) is 13.2 Å². The van der Waals surface area contributed by atoms with Crippen molar-refractivity contribution in [2.75, 3.05) is 25.9 Å². The molecule has 1 unspecified atom stereocenters. The second-order valence-electron chi connectivity index (χ2n) is 8.72. The average Bonchev–Trinajstić information content (AvgIpc) is 3.21. The number of carbonyl (C=O) groups is 1. The normalized spacial score (nSPS) is 17.2. The van der Waals surface area contributed by atoms with Gasteiger partial charge in [-0.05, 0) is 38.7 Å². The molecule has 2 aromatic heterocycles. The van der Waals surface area contributed by atoms with Crippen LogP contribution in [0.4, 0.5) is 0 Å². The van der Waals surface area contributed by atoms with Crippen molar-refractivity contribution in [1.82, 2.24) is 24.4 Å². The minimum atomic E-state index is -3.26. The molecule has 1 fully saturated rings. The number of sulfonamides is 1. The number of nitrogens with one attached hydrogen (secondary N) is 1. The van der Waals surface area contributed by atoms with Gasteiger partial charge in [0.25, 0.3) is 5.91 Å². The van der Waals surface area contributed by atoms with E-state index in [0.29, 0.717) is 30.8 Å². The van der Waals surface area contributed by atoms with Crippen LogP contribution in [0.1, 0.15) is 43.1 Å². The first kappa shape index (κ1) is 22.4. The zero-order chi connectivity index (χ0) is 22.9. The maximum absolute atomic E-state index is 13.6. The van der Waals surface area contributed by atoms with Crippen LogP contribution in [-0.4, -0.2) is 59.9 Å². The van der Waals surface area contributed by atoms with Crippen LogP contribution in [-0.2, 0) is 10.0 Å². The number of pyridine rings is 1. The summed E-state index contributed by atoms with van der Waals surface area (Å²) in [6.45, 7) is 5.58. The summed E-state index contributed by atoms with van der Waals surface area (Å²) in [6.07, 6.45) is 4.60. The summed E-state index contributed by atoms with van der Waals surface area (Å²) >= 11 is 0. The smallest absolute Gasteiger partial charge is 0.254 e. The Kier molecular flexibility index (Phi) is 6.30. The Morgan fingerprint density at radius 1 is 1.25 bits per heavy atom. The van der Waals surface area contributed by atoms with E-state index >= 15 is 0 Å². The minimum absolute atomic E-state index is 0.0676. The third-order valence-electron chi connectivity index (χ3n) is 5.80. The van der Waals surface area contributed by atoms with Crippen molar-refractivity contribution in [1.29, 1.82) is 0 Å². The average molecular weight is 456 g/mol. The Labute approximate surface area is 188 Å². The molecule has 170 valence electrons. The fourth-order valence-electron chi connectivity index (χ4n) is 4.19. The van der Waals surface area contributed by atoms with Gasteiger partial charge in [0, 0.05) is 31.2 Å². The molecule has 9 heteroatoms. The van der Waals surface area contributed by atoms with Crippen LogP contribution < -0.4 is 4.72 Å². The number of nitrogens with zero attached hydrogens (tertiary/aromatic N) is 4. The Balaban J connectivity index is 1.70. The SMILES string of the molecule is CC(C)n1ncc2c(C(=O)N3CCCC(CNS(C)(=O)=O)C3)cc(-c3ccccc3)nc21. The van der Waals surface area contributed by atoms with Crippen LogP contribution >= 0.6 is 0 Å². The number of fused-ring (bicyclic) bond motifs is 1. The summed E-state index contributed by atoms with van der Waals surface area (Å²) in [7, 11) is -3.26. The highest BCUT2D eigenvalue weighted by Gasteiger charge is 2.27. The van der Waals surface area contributed by atoms with Crippen LogP contribution in [0.3, 0.4) is 0 Å². The summed E-state index contributed by atoms with van der Waals surface area (Å²) in [6, 6.07) is 11.8. The molecule has 0 spiro atoms. The fraction of sp³-hybridized carbons (Fsp3) is 0.435. The van der Waals surface area contributed by atoms with Gasteiger partial charge in [-0.3, -0.25) is 4.79 Å². The molecule has 32 heavy (non-hydrogen) atoms. The van der Waals surface area contributed by atoms with Crippen molar-refractivity contribution in [3.05, 3.63) is 48.2 Å². The summed E-state index contributed by atoms with van der Waals surface area (Å²) < 4.78 is 27.4. The van der Waals surface area contributed by atoms with Crippen molar-refractivity contribution in [3.8, 4) is 11.3 Å². The predicted molar refractivity (Wildman–Crippen MR) is 125 cm³/mol. The molecule has 1 amide bonds. The van der Waals surface area contributed by atoms with Gasteiger partial charge in [0.1, 0.15) is 0 Å². The number of amides is 1.